The van der Waals surface area contributed by atoms with Crippen LogP contribution in [-0.2, 0) is 9.59 Å². The first kappa shape index (κ1) is 10.8. The maximum Gasteiger partial charge on any atom is 0.307 e. The van der Waals surface area contributed by atoms with E-state index >= 15 is 0 Å². The van der Waals surface area contributed by atoms with Crippen molar-refractivity contribution in [3.63, 3.8) is 0 Å². The van der Waals surface area contributed by atoms with E-state index in [-0.39, 0.29) is 12.3 Å². The predicted molar refractivity (Wildman–Crippen MR) is 49.9 cm³/mol. The molecule has 0 aromatic carbocycles. The molecule has 0 aromatic rings. The molecular formula is C10H14O4. The summed E-state index contributed by atoms with van der Waals surface area (Å²) in [6.07, 6.45) is 6.18. The fourth-order valence-electron chi connectivity index (χ4n) is 1.78. The third-order valence-electron chi connectivity index (χ3n) is 2.52. The Balaban J connectivity index is 2.65. The predicted octanol–water partition coefficient (Wildman–Crippen LogP) is 1.52. The number of aliphatic carboxylic acids is 2. The first-order valence-corrected chi connectivity index (χ1v) is 4.72. The normalized spacial score (nSPS) is 23.0. The van der Waals surface area contributed by atoms with Crippen molar-refractivity contribution >= 4 is 11.9 Å². The van der Waals surface area contributed by atoms with E-state index in [1.165, 1.54) is 0 Å². The molecule has 78 valence electrons. The average Bonchev–Trinajstić information content (AvgIpc) is 2.15. The SMILES string of the molecule is O=C(O)CC(C(=O)O)C1C=CCCC1. The number of allylic oxidation sites excluding steroid dienone is 2. The molecule has 0 heterocycles. The van der Waals surface area contributed by atoms with Crippen molar-refractivity contribution in [2.75, 3.05) is 0 Å². The van der Waals surface area contributed by atoms with Crippen LogP contribution in [0.15, 0.2) is 12.2 Å². The van der Waals surface area contributed by atoms with Crippen LogP contribution in [0.1, 0.15) is 25.7 Å². The molecule has 0 saturated carbocycles. The highest BCUT2D eigenvalue weighted by Gasteiger charge is 2.29. The van der Waals surface area contributed by atoms with E-state index in [9.17, 15) is 9.59 Å². The van der Waals surface area contributed by atoms with Crippen LogP contribution in [0.2, 0.25) is 0 Å². The van der Waals surface area contributed by atoms with Gasteiger partial charge in [-0.05, 0) is 25.2 Å². The fraction of sp³-hybridized carbons (Fsp3) is 0.600. The van der Waals surface area contributed by atoms with E-state index in [0.717, 1.165) is 19.3 Å². The molecule has 0 radical (unpaired) electrons. The van der Waals surface area contributed by atoms with Gasteiger partial charge in [0.25, 0.3) is 0 Å². The first-order valence-electron chi connectivity index (χ1n) is 4.72. The van der Waals surface area contributed by atoms with Gasteiger partial charge < -0.3 is 10.2 Å². The standard InChI is InChI=1S/C10H14O4/c11-9(12)6-8(10(13)14)7-4-2-1-3-5-7/h2,4,7-8H,1,3,5-6H2,(H,11,12)(H,13,14). The number of carboxylic acids is 2. The maximum atomic E-state index is 10.8. The minimum absolute atomic E-state index is 0.114. The molecule has 1 aliphatic rings. The summed E-state index contributed by atoms with van der Waals surface area (Å²) >= 11 is 0. The Labute approximate surface area is 82.2 Å². The monoisotopic (exact) mass is 198 g/mol. The molecule has 2 N–H and O–H groups in total. The van der Waals surface area contributed by atoms with Gasteiger partial charge in [-0.2, -0.15) is 0 Å². The van der Waals surface area contributed by atoms with E-state index in [2.05, 4.69) is 0 Å². The molecular weight excluding hydrogens is 184 g/mol. The van der Waals surface area contributed by atoms with Crippen molar-refractivity contribution in [1.82, 2.24) is 0 Å². The average molecular weight is 198 g/mol. The van der Waals surface area contributed by atoms with Crippen LogP contribution in [-0.4, -0.2) is 22.2 Å². The van der Waals surface area contributed by atoms with Crippen LogP contribution in [0.3, 0.4) is 0 Å². The van der Waals surface area contributed by atoms with Crippen molar-refractivity contribution < 1.29 is 19.8 Å². The van der Waals surface area contributed by atoms with Crippen molar-refractivity contribution in [1.29, 1.82) is 0 Å². The topological polar surface area (TPSA) is 74.6 Å². The van der Waals surface area contributed by atoms with Crippen molar-refractivity contribution in [2.24, 2.45) is 11.8 Å². The highest BCUT2D eigenvalue weighted by atomic mass is 16.4. The van der Waals surface area contributed by atoms with E-state index in [1.54, 1.807) is 0 Å². The van der Waals surface area contributed by atoms with Gasteiger partial charge in [-0.25, -0.2) is 0 Å². The van der Waals surface area contributed by atoms with Crippen LogP contribution in [0, 0.1) is 11.8 Å². The molecule has 0 aromatic heterocycles. The van der Waals surface area contributed by atoms with Gasteiger partial charge in [-0.3, -0.25) is 9.59 Å². The molecule has 4 nitrogen and oxygen atoms in total. The second kappa shape index (κ2) is 4.79. The number of hydrogen-bond acceptors (Lipinski definition) is 2. The molecule has 0 amide bonds. The van der Waals surface area contributed by atoms with Gasteiger partial charge in [0.2, 0.25) is 0 Å². The highest BCUT2D eigenvalue weighted by Crippen LogP contribution is 2.27. The zero-order valence-electron chi connectivity index (χ0n) is 7.85. The molecule has 0 aliphatic heterocycles. The van der Waals surface area contributed by atoms with E-state index in [0.29, 0.717) is 0 Å². The summed E-state index contributed by atoms with van der Waals surface area (Å²) in [7, 11) is 0. The van der Waals surface area contributed by atoms with E-state index < -0.39 is 17.9 Å². The van der Waals surface area contributed by atoms with Gasteiger partial charge in [0.15, 0.2) is 0 Å². The Morgan fingerprint density at radius 1 is 1.43 bits per heavy atom. The Morgan fingerprint density at radius 2 is 2.14 bits per heavy atom. The van der Waals surface area contributed by atoms with Crippen LogP contribution in [0.25, 0.3) is 0 Å². The number of carbonyl (C=O) groups is 2. The number of carboxylic acid groups (broad SMARTS) is 2. The molecule has 2 atom stereocenters. The first-order chi connectivity index (χ1) is 6.61. The molecule has 1 rings (SSSR count). The Bertz CT molecular complexity index is 257. The Morgan fingerprint density at radius 3 is 2.57 bits per heavy atom. The maximum absolute atomic E-state index is 10.8. The van der Waals surface area contributed by atoms with Gasteiger partial charge in [0, 0.05) is 0 Å². The van der Waals surface area contributed by atoms with Crippen LogP contribution in [0.4, 0.5) is 0 Å². The molecule has 0 fully saturated rings. The molecule has 14 heavy (non-hydrogen) atoms. The Hall–Kier alpha value is -1.32. The van der Waals surface area contributed by atoms with Crippen molar-refractivity contribution in [3.05, 3.63) is 12.2 Å². The highest BCUT2D eigenvalue weighted by molar-refractivity contribution is 5.78. The molecule has 4 heteroatoms. The summed E-state index contributed by atoms with van der Waals surface area (Å²) in [5.41, 5.74) is 0. The summed E-state index contributed by atoms with van der Waals surface area (Å²) in [6.45, 7) is 0. The van der Waals surface area contributed by atoms with Gasteiger partial charge in [-0.15, -0.1) is 0 Å². The van der Waals surface area contributed by atoms with Gasteiger partial charge in [0.05, 0.1) is 12.3 Å². The second-order valence-electron chi connectivity index (χ2n) is 3.57. The largest absolute Gasteiger partial charge is 0.481 e. The van der Waals surface area contributed by atoms with Crippen molar-refractivity contribution in [2.45, 2.75) is 25.7 Å². The lowest BCUT2D eigenvalue weighted by Crippen LogP contribution is -2.26. The molecule has 0 spiro atoms. The minimum Gasteiger partial charge on any atom is -0.481 e. The van der Waals surface area contributed by atoms with Crippen LogP contribution >= 0.6 is 0 Å². The van der Waals surface area contributed by atoms with Gasteiger partial charge in [0.1, 0.15) is 0 Å². The quantitative estimate of drug-likeness (QED) is 0.671. The number of rotatable bonds is 4. The smallest absolute Gasteiger partial charge is 0.307 e. The Kier molecular flexibility index (Phi) is 3.68. The summed E-state index contributed by atoms with van der Waals surface area (Å²) in [6, 6.07) is 0. The summed E-state index contributed by atoms with van der Waals surface area (Å²) in [4.78, 5) is 21.3. The fourth-order valence-corrected chi connectivity index (χ4v) is 1.78. The number of hydrogen-bond donors (Lipinski definition) is 2. The zero-order valence-corrected chi connectivity index (χ0v) is 7.85. The second-order valence-corrected chi connectivity index (χ2v) is 3.57. The molecule has 0 saturated heterocycles. The van der Waals surface area contributed by atoms with E-state index in [4.69, 9.17) is 10.2 Å². The minimum atomic E-state index is -1.05. The lowest BCUT2D eigenvalue weighted by atomic mass is 9.83. The summed E-state index contributed by atoms with van der Waals surface area (Å²) in [5, 5.41) is 17.5. The zero-order chi connectivity index (χ0) is 10.6. The third kappa shape index (κ3) is 2.87. The van der Waals surface area contributed by atoms with Crippen LogP contribution < -0.4 is 0 Å². The lowest BCUT2D eigenvalue weighted by molar-refractivity contribution is -0.149. The van der Waals surface area contributed by atoms with Gasteiger partial charge in [-0.1, -0.05) is 12.2 Å². The van der Waals surface area contributed by atoms with Crippen molar-refractivity contribution in [3.8, 4) is 0 Å². The lowest BCUT2D eigenvalue weighted by Gasteiger charge is -2.21. The van der Waals surface area contributed by atoms with E-state index in [1.807, 2.05) is 12.2 Å². The van der Waals surface area contributed by atoms with Gasteiger partial charge >= 0.3 is 11.9 Å². The summed E-state index contributed by atoms with van der Waals surface area (Å²) in [5.74, 6) is -2.94. The molecule has 2 unspecified atom stereocenters. The molecule has 1 aliphatic carbocycles. The molecule has 0 bridgehead atoms. The third-order valence-corrected chi connectivity index (χ3v) is 2.52. The van der Waals surface area contributed by atoms with Crippen LogP contribution in [0.5, 0.6) is 0 Å². The summed E-state index contributed by atoms with van der Waals surface area (Å²) < 4.78 is 0.